The molecule has 1 aliphatic rings. The first-order valence-corrected chi connectivity index (χ1v) is 9.60. The summed E-state index contributed by atoms with van der Waals surface area (Å²) in [5.41, 5.74) is 14.8. The number of nitrogens with two attached hydrogens (primary N) is 2. The van der Waals surface area contributed by atoms with E-state index in [0.717, 1.165) is 11.1 Å². The molecule has 27 heavy (non-hydrogen) atoms. The number of sulfone groups is 1. The molecule has 0 bridgehead atoms. The van der Waals surface area contributed by atoms with E-state index in [0.29, 0.717) is 22.3 Å². The lowest BCUT2D eigenvalue weighted by Gasteiger charge is -2.06. The zero-order valence-corrected chi connectivity index (χ0v) is 15.0. The summed E-state index contributed by atoms with van der Waals surface area (Å²) in [6, 6.07) is 17.2. The predicted molar refractivity (Wildman–Crippen MR) is 105 cm³/mol. The van der Waals surface area contributed by atoms with Crippen molar-refractivity contribution in [2.75, 3.05) is 0 Å². The van der Waals surface area contributed by atoms with Gasteiger partial charge in [-0.1, -0.05) is 48.5 Å². The normalized spacial score (nSPS) is 13.6. The van der Waals surface area contributed by atoms with Gasteiger partial charge in [-0.25, -0.2) is 8.42 Å². The lowest BCUT2D eigenvalue weighted by molar-refractivity contribution is 0.598. The van der Waals surface area contributed by atoms with E-state index in [1.807, 2.05) is 6.07 Å². The molecule has 1 aliphatic heterocycles. The first kappa shape index (κ1) is 17.0. The van der Waals surface area contributed by atoms with Gasteiger partial charge in [0.1, 0.15) is 11.7 Å². The van der Waals surface area contributed by atoms with Crippen molar-refractivity contribution < 1.29 is 8.42 Å². The highest BCUT2D eigenvalue weighted by Crippen LogP contribution is 2.44. The van der Waals surface area contributed by atoms with Crippen molar-refractivity contribution in [3.8, 4) is 22.3 Å². The van der Waals surface area contributed by atoms with Gasteiger partial charge in [-0.05, 0) is 23.3 Å². The summed E-state index contributed by atoms with van der Waals surface area (Å²) in [6.45, 7) is 0. The molecule has 0 amide bonds. The van der Waals surface area contributed by atoms with Gasteiger partial charge in [-0.3, -0.25) is 10.8 Å². The molecule has 0 atom stereocenters. The van der Waals surface area contributed by atoms with Crippen LogP contribution in [-0.4, -0.2) is 20.1 Å². The Balaban J connectivity index is 1.84. The van der Waals surface area contributed by atoms with Crippen LogP contribution in [0.4, 0.5) is 0 Å². The number of nitrogen functional groups attached to an aromatic ring is 2. The smallest absolute Gasteiger partial charge is 0.207 e. The lowest BCUT2D eigenvalue weighted by Crippen LogP contribution is -2.11. The molecule has 0 unspecified atom stereocenters. The Morgan fingerprint density at radius 3 is 1.74 bits per heavy atom. The summed E-state index contributed by atoms with van der Waals surface area (Å²) >= 11 is 0. The Morgan fingerprint density at radius 1 is 0.667 bits per heavy atom. The van der Waals surface area contributed by atoms with Crippen molar-refractivity contribution >= 4 is 21.5 Å². The molecule has 6 nitrogen and oxygen atoms in total. The minimum Gasteiger partial charge on any atom is -0.384 e. The first-order chi connectivity index (χ1) is 12.8. The second-order valence-corrected chi connectivity index (χ2v) is 8.22. The lowest BCUT2D eigenvalue weighted by atomic mass is 9.99. The zero-order chi connectivity index (χ0) is 19.3. The van der Waals surface area contributed by atoms with Gasteiger partial charge < -0.3 is 11.5 Å². The van der Waals surface area contributed by atoms with Gasteiger partial charge >= 0.3 is 0 Å². The Morgan fingerprint density at radius 2 is 1.15 bits per heavy atom. The van der Waals surface area contributed by atoms with Crippen molar-refractivity contribution in [3.63, 3.8) is 0 Å². The highest BCUT2D eigenvalue weighted by molar-refractivity contribution is 7.92. The van der Waals surface area contributed by atoms with Crippen LogP contribution in [0.2, 0.25) is 0 Å². The Labute approximate surface area is 156 Å². The fourth-order valence-corrected chi connectivity index (χ4v) is 4.98. The highest BCUT2D eigenvalue weighted by Gasteiger charge is 2.33. The largest absolute Gasteiger partial charge is 0.384 e. The number of hydrogen-bond acceptors (Lipinski definition) is 4. The zero-order valence-electron chi connectivity index (χ0n) is 14.2. The Bertz CT molecular complexity index is 1230. The van der Waals surface area contributed by atoms with Crippen LogP contribution in [0.5, 0.6) is 0 Å². The van der Waals surface area contributed by atoms with Crippen molar-refractivity contribution in [1.29, 1.82) is 10.8 Å². The number of rotatable bonds is 3. The molecule has 6 N–H and O–H groups in total. The molecular formula is C20H16N4O2S. The summed E-state index contributed by atoms with van der Waals surface area (Å²) in [6.07, 6.45) is 0. The standard InChI is InChI=1S/C20H16N4O2S/c21-19(22)12-3-1-11(2-4-12)13-5-7-15-16-8-6-14(20(23)24)10-18(16)27(25,26)17(15)9-13/h1-10H,(H3,21,22)(H3,23,24). The average molecular weight is 376 g/mol. The number of amidine groups is 2. The molecule has 3 aromatic carbocycles. The summed E-state index contributed by atoms with van der Waals surface area (Å²) in [5.74, 6) is -0.190. The minimum absolute atomic E-state index is 0.0187. The van der Waals surface area contributed by atoms with E-state index in [1.54, 1.807) is 48.5 Å². The van der Waals surface area contributed by atoms with Crippen molar-refractivity contribution in [3.05, 3.63) is 71.8 Å². The van der Waals surface area contributed by atoms with Gasteiger partial charge in [-0.15, -0.1) is 0 Å². The van der Waals surface area contributed by atoms with Crippen LogP contribution >= 0.6 is 0 Å². The van der Waals surface area contributed by atoms with Crippen LogP contribution < -0.4 is 11.5 Å². The summed E-state index contributed by atoms with van der Waals surface area (Å²) < 4.78 is 26.0. The average Bonchev–Trinajstić information content (AvgIpc) is 2.88. The van der Waals surface area contributed by atoms with Crippen LogP contribution in [0.1, 0.15) is 11.1 Å². The molecule has 0 aliphatic carbocycles. The van der Waals surface area contributed by atoms with Crippen LogP contribution in [0.25, 0.3) is 22.3 Å². The van der Waals surface area contributed by atoms with E-state index in [9.17, 15) is 8.42 Å². The van der Waals surface area contributed by atoms with E-state index < -0.39 is 9.84 Å². The van der Waals surface area contributed by atoms with E-state index in [-0.39, 0.29) is 21.5 Å². The van der Waals surface area contributed by atoms with Crippen molar-refractivity contribution in [2.24, 2.45) is 11.5 Å². The van der Waals surface area contributed by atoms with Crippen molar-refractivity contribution in [1.82, 2.24) is 0 Å². The molecule has 1 heterocycles. The second kappa shape index (κ2) is 5.78. The predicted octanol–water partition coefficient (Wildman–Crippen LogP) is 2.73. The summed E-state index contributed by atoms with van der Waals surface area (Å²) in [4.78, 5) is 0.417. The van der Waals surface area contributed by atoms with E-state index in [2.05, 4.69) is 0 Å². The number of fused-ring (bicyclic) bond motifs is 3. The van der Waals surface area contributed by atoms with E-state index in [1.165, 1.54) is 6.07 Å². The molecular weight excluding hydrogens is 360 g/mol. The topological polar surface area (TPSA) is 134 Å². The maximum Gasteiger partial charge on any atom is 0.207 e. The Kier molecular flexibility index (Phi) is 3.64. The van der Waals surface area contributed by atoms with Crippen LogP contribution in [0.15, 0.2) is 70.5 Å². The minimum atomic E-state index is -3.68. The Hall–Kier alpha value is -3.45. The number of nitrogens with one attached hydrogen (secondary N) is 2. The van der Waals surface area contributed by atoms with Gasteiger partial charge in [0, 0.05) is 22.3 Å². The molecule has 0 aromatic heterocycles. The maximum absolute atomic E-state index is 13.0. The summed E-state index contributed by atoms with van der Waals surface area (Å²) in [7, 11) is -3.68. The molecule has 0 spiro atoms. The quantitative estimate of drug-likeness (QED) is 0.323. The fourth-order valence-electron chi connectivity index (χ4n) is 3.24. The molecule has 4 rings (SSSR count). The van der Waals surface area contributed by atoms with Crippen LogP contribution in [0, 0.1) is 10.8 Å². The molecule has 3 aromatic rings. The molecule has 0 fully saturated rings. The van der Waals surface area contributed by atoms with E-state index >= 15 is 0 Å². The fraction of sp³-hybridized carbons (Fsp3) is 0. The monoisotopic (exact) mass is 376 g/mol. The number of benzene rings is 3. The van der Waals surface area contributed by atoms with Gasteiger partial charge in [0.2, 0.25) is 9.84 Å². The summed E-state index contributed by atoms with van der Waals surface area (Å²) in [5, 5.41) is 15.0. The third-order valence-corrected chi connectivity index (χ3v) is 6.51. The van der Waals surface area contributed by atoms with Gasteiger partial charge in [0.25, 0.3) is 0 Å². The third-order valence-electron chi connectivity index (χ3n) is 4.67. The SMILES string of the molecule is N=C(N)c1ccc(-c2ccc3c(c2)S(=O)(=O)c2cc(C(=N)N)ccc2-3)cc1. The van der Waals surface area contributed by atoms with Crippen molar-refractivity contribution in [2.45, 2.75) is 9.79 Å². The highest BCUT2D eigenvalue weighted by atomic mass is 32.2. The van der Waals surface area contributed by atoms with Gasteiger partial charge in [0.05, 0.1) is 9.79 Å². The first-order valence-electron chi connectivity index (χ1n) is 8.12. The van der Waals surface area contributed by atoms with Crippen LogP contribution in [-0.2, 0) is 9.84 Å². The molecule has 134 valence electrons. The van der Waals surface area contributed by atoms with Gasteiger partial charge in [0.15, 0.2) is 0 Å². The maximum atomic E-state index is 13.0. The molecule has 7 heteroatoms. The van der Waals surface area contributed by atoms with Gasteiger partial charge in [-0.2, -0.15) is 0 Å². The molecule has 0 saturated heterocycles. The molecule has 0 saturated carbocycles. The van der Waals surface area contributed by atoms with E-state index in [4.69, 9.17) is 22.3 Å². The second-order valence-electron chi connectivity index (χ2n) is 6.33. The molecule has 0 radical (unpaired) electrons. The number of hydrogen-bond donors (Lipinski definition) is 4. The third kappa shape index (κ3) is 2.60. The van der Waals surface area contributed by atoms with Crippen LogP contribution in [0.3, 0.4) is 0 Å².